The predicted octanol–water partition coefficient (Wildman–Crippen LogP) is 3.45. The fourth-order valence-corrected chi connectivity index (χ4v) is 1.95. The van der Waals surface area contributed by atoms with Gasteiger partial charge in [0.1, 0.15) is 0 Å². The standard InChI is InChI=1S/C15H21N3/c1-3-4-9-16-15-17-10-11-18(15)12-14-8-6-5-7-13(14)2/h5-8,10-11H,3-4,9,12H2,1-2H3,(H,16,17). The molecule has 0 bridgehead atoms. The Morgan fingerprint density at radius 1 is 1.28 bits per heavy atom. The smallest absolute Gasteiger partial charge is 0.203 e. The molecule has 0 saturated heterocycles. The summed E-state index contributed by atoms with van der Waals surface area (Å²) in [4.78, 5) is 4.37. The molecule has 0 saturated carbocycles. The van der Waals surface area contributed by atoms with Gasteiger partial charge in [-0.15, -0.1) is 0 Å². The van der Waals surface area contributed by atoms with Crippen molar-refractivity contribution in [3.8, 4) is 0 Å². The van der Waals surface area contributed by atoms with E-state index in [-0.39, 0.29) is 0 Å². The fourth-order valence-electron chi connectivity index (χ4n) is 1.95. The van der Waals surface area contributed by atoms with Crippen LogP contribution in [0.2, 0.25) is 0 Å². The summed E-state index contributed by atoms with van der Waals surface area (Å²) in [5.74, 6) is 0.965. The number of aryl methyl sites for hydroxylation is 1. The minimum Gasteiger partial charge on any atom is -0.356 e. The lowest BCUT2D eigenvalue weighted by atomic mass is 10.1. The molecule has 0 unspecified atom stereocenters. The van der Waals surface area contributed by atoms with Gasteiger partial charge < -0.3 is 9.88 Å². The van der Waals surface area contributed by atoms with Gasteiger partial charge in [-0.3, -0.25) is 0 Å². The number of nitrogens with zero attached hydrogens (tertiary/aromatic N) is 2. The molecule has 0 spiro atoms. The SMILES string of the molecule is CCCCNc1nccn1Cc1ccccc1C. The number of nitrogens with one attached hydrogen (secondary N) is 1. The highest BCUT2D eigenvalue weighted by Gasteiger charge is 2.04. The minimum absolute atomic E-state index is 0.876. The van der Waals surface area contributed by atoms with Gasteiger partial charge in [0.2, 0.25) is 5.95 Å². The Hall–Kier alpha value is -1.77. The second-order valence-electron chi connectivity index (χ2n) is 4.59. The van der Waals surface area contributed by atoms with Crippen LogP contribution in [0.3, 0.4) is 0 Å². The minimum atomic E-state index is 0.876. The van der Waals surface area contributed by atoms with E-state index in [0.29, 0.717) is 0 Å². The monoisotopic (exact) mass is 243 g/mol. The normalized spacial score (nSPS) is 10.6. The quantitative estimate of drug-likeness (QED) is 0.787. The largest absolute Gasteiger partial charge is 0.356 e. The Kier molecular flexibility index (Phi) is 4.40. The lowest BCUT2D eigenvalue weighted by Gasteiger charge is -2.11. The molecule has 3 nitrogen and oxygen atoms in total. The summed E-state index contributed by atoms with van der Waals surface area (Å²) in [6.45, 7) is 6.21. The molecule has 0 aliphatic heterocycles. The van der Waals surface area contributed by atoms with Crippen LogP contribution in [0.4, 0.5) is 5.95 Å². The molecule has 1 aromatic heterocycles. The maximum Gasteiger partial charge on any atom is 0.203 e. The Labute approximate surface area is 109 Å². The molecule has 1 N–H and O–H groups in total. The number of imidazole rings is 1. The average Bonchev–Trinajstić information content (AvgIpc) is 2.80. The summed E-state index contributed by atoms with van der Waals surface area (Å²) >= 11 is 0. The first-order chi connectivity index (χ1) is 8.81. The van der Waals surface area contributed by atoms with Gasteiger partial charge in [-0.1, -0.05) is 37.6 Å². The molecule has 0 radical (unpaired) electrons. The second-order valence-corrected chi connectivity index (χ2v) is 4.59. The van der Waals surface area contributed by atoms with Crippen LogP contribution in [0, 0.1) is 6.92 Å². The first-order valence-electron chi connectivity index (χ1n) is 6.60. The molecular formula is C15H21N3. The lowest BCUT2D eigenvalue weighted by Crippen LogP contribution is -2.09. The third kappa shape index (κ3) is 3.13. The predicted molar refractivity (Wildman–Crippen MR) is 75.9 cm³/mol. The summed E-state index contributed by atoms with van der Waals surface area (Å²) in [5.41, 5.74) is 2.67. The van der Waals surface area contributed by atoms with Crippen molar-refractivity contribution in [1.29, 1.82) is 0 Å². The number of anilines is 1. The van der Waals surface area contributed by atoms with Gasteiger partial charge in [-0.2, -0.15) is 0 Å². The summed E-state index contributed by atoms with van der Waals surface area (Å²) in [6, 6.07) is 8.48. The zero-order valence-corrected chi connectivity index (χ0v) is 11.2. The molecule has 0 amide bonds. The van der Waals surface area contributed by atoms with Crippen LogP contribution in [0.15, 0.2) is 36.7 Å². The Morgan fingerprint density at radius 3 is 2.89 bits per heavy atom. The van der Waals surface area contributed by atoms with E-state index in [4.69, 9.17) is 0 Å². The highest BCUT2D eigenvalue weighted by molar-refractivity contribution is 5.30. The maximum atomic E-state index is 4.37. The number of benzene rings is 1. The van der Waals surface area contributed by atoms with Gasteiger partial charge in [0, 0.05) is 18.9 Å². The van der Waals surface area contributed by atoms with Gasteiger partial charge in [0.25, 0.3) is 0 Å². The highest BCUT2D eigenvalue weighted by Crippen LogP contribution is 2.12. The van der Waals surface area contributed by atoms with E-state index in [1.807, 2.05) is 12.4 Å². The topological polar surface area (TPSA) is 29.9 Å². The first kappa shape index (κ1) is 12.7. The molecule has 18 heavy (non-hydrogen) atoms. The molecular weight excluding hydrogens is 222 g/mol. The summed E-state index contributed by atoms with van der Waals surface area (Å²) < 4.78 is 2.16. The fraction of sp³-hybridized carbons (Fsp3) is 0.400. The molecule has 3 heteroatoms. The third-order valence-corrected chi connectivity index (χ3v) is 3.13. The van der Waals surface area contributed by atoms with Gasteiger partial charge in [-0.05, 0) is 24.5 Å². The Balaban J connectivity index is 2.05. The third-order valence-electron chi connectivity index (χ3n) is 3.13. The van der Waals surface area contributed by atoms with Gasteiger partial charge in [0.15, 0.2) is 0 Å². The van der Waals surface area contributed by atoms with E-state index in [2.05, 4.69) is 53.0 Å². The van der Waals surface area contributed by atoms with Gasteiger partial charge >= 0.3 is 0 Å². The Morgan fingerprint density at radius 2 is 2.11 bits per heavy atom. The maximum absolute atomic E-state index is 4.37. The molecule has 0 aliphatic rings. The summed E-state index contributed by atoms with van der Waals surface area (Å²) in [6.07, 6.45) is 6.26. The van der Waals surface area contributed by atoms with E-state index in [9.17, 15) is 0 Å². The van der Waals surface area contributed by atoms with Crippen molar-refractivity contribution in [2.45, 2.75) is 33.2 Å². The van der Waals surface area contributed by atoms with E-state index in [1.54, 1.807) is 0 Å². The number of aromatic nitrogens is 2. The molecule has 0 fully saturated rings. The van der Waals surface area contributed by atoms with Crippen molar-refractivity contribution in [2.75, 3.05) is 11.9 Å². The highest BCUT2D eigenvalue weighted by atomic mass is 15.2. The number of hydrogen-bond donors (Lipinski definition) is 1. The first-order valence-corrected chi connectivity index (χ1v) is 6.60. The number of hydrogen-bond acceptors (Lipinski definition) is 2. The molecule has 1 heterocycles. The van der Waals surface area contributed by atoms with Crippen LogP contribution < -0.4 is 5.32 Å². The van der Waals surface area contributed by atoms with Crippen LogP contribution in [0.1, 0.15) is 30.9 Å². The molecule has 96 valence electrons. The lowest BCUT2D eigenvalue weighted by molar-refractivity contribution is 0.772. The van der Waals surface area contributed by atoms with Crippen molar-refractivity contribution in [1.82, 2.24) is 9.55 Å². The zero-order chi connectivity index (χ0) is 12.8. The van der Waals surface area contributed by atoms with Crippen LogP contribution in [0.25, 0.3) is 0 Å². The van der Waals surface area contributed by atoms with Gasteiger partial charge in [0.05, 0.1) is 6.54 Å². The van der Waals surface area contributed by atoms with Crippen molar-refractivity contribution in [3.05, 3.63) is 47.8 Å². The average molecular weight is 243 g/mol. The summed E-state index contributed by atoms with van der Waals surface area (Å²) in [5, 5.41) is 3.39. The Bertz CT molecular complexity index is 488. The van der Waals surface area contributed by atoms with E-state index >= 15 is 0 Å². The van der Waals surface area contributed by atoms with Crippen molar-refractivity contribution in [2.24, 2.45) is 0 Å². The molecule has 2 aromatic rings. The van der Waals surface area contributed by atoms with Crippen LogP contribution in [0.5, 0.6) is 0 Å². The number of rotatable bonds is 6. The molecule has 2 rings (SSSR count). The van der Waals surface area contributed by atoms with E-state index in [1.165, 1.54) is 24.0 Å². The molecule has 0 atom stereocenters. The van der Waals surface area contributed by atoms with Crippen molar-refractivity contribution >= 4 is 5.95 Å². The summed E-state index contributed by atoms with van der Waals surface area (Å²) in [7, 11) is 0. The molecule has 0 aliphatic carbocycles. The van der Waals surface area contributed by atoms with E-state index in [0.717, 1.165) is 19.0 Å². The van der Waals surface area contributed by atoms with Crippen LogP contribution in [-0.4, -0.2) is 16.1 Å². The van der Waals surface area contributed by atoms with Crippen LogP contribution >= 0.6 is 0 Å². The number of unbranched alkanes of at least 4 members (excludes halogenated alkanes) is 1. The zero-order valence-electron chi connectivity index (χ0n) is 11.2. The van der Waals surface area contributed by atoms with Crippen molar-refractivity contribution < 1.29 is 0 Å². The second kappa shape index (κ2) is 6.24. The van der Waals surface area contributed by atoms with Crippen LogP contribution in [-0.2, 0) is 6.54 Å². The van der Waals surface area contributed by atoms with E-state index < -0.39 is 0 Å². The van der Waals surface area contributed by atoms with Crippen molar-refractivity contribution in [3.63, 3.8) is 0 Å². The van der Waals surface area contributed by atoms with Gasteiger partial charge in [-0.25, -0.2) is 4.98 Å². The molecule has 1 aromatic carbocycles.